The number of nitrogens with zero attached hydrogens (tertiary/aromatic N) is 1. The average molecular weight is 420 g/mol. The van der Waals surface area contributed by atoms with Crippen LogP contribution in [0.5, 0.6) is 0 Å². The SMILES string of the molecule is C=CCN([C@H](OCC)[C@H](Br)C(=O)OC)S(=O)(=O)c1ccc(C)cc1. The highest BCUT2D eigenvalue weighted by molar-refractivity contribution is 9.10. The van der Waals surface area contributed by atoms with E-state index in [1.54, 1.807) is 19.1 Å². The van der Waals surface area contributed by atoms with Crippen LogP contribution < -0.4 is 0 Å². The van der Waals surface area contributed by atoms with Gasteiger partial charge in [0.05, 0.1) is 12.0 Å². The largest absolute Gasteiger partial charge is 0.468 e. The lowest BCUT2D eigenvalue weighted by molar-refractivity contribution is -0.144. The lowest BCUT2D eigenvalue weighted by atomic mass is 10.2. The van der Waals surface area contributed by atoms with Crippen molar-refractivity contribution < 1.29 is 22.7 Å². The second-order valence-corrected chi connectivity index (χ2v) is 7.82. The monoisotopic (exact) mass is 419 g/mol. The molecule has 0 aliphatic rings. The number of aryl methyl sites for hydroxylation is 1. The molecule has 24 heavy (non-hydrogen) atoms. The highest BCUT2D eigenvalue weighted by atomic mass is 79.9. The summed E-state index contributed by atoms with van der Waals surface area (Å²) in [4.78, 5) is 11.0. The van der Waals surface area contributed by atoms with Crippen LogP contribution in [0.4, 0.5) is 0 Å². The molecular formula is C16H22BrNO5S. The summed E-state index contributed by atoms with van der Waals surface area (Å²) in [5.41, 5.74) is 0.943. The van der Waals surface area contributed by atoms with Crippen molar-refractivity contribution in [3.05, 3.63) is 42.5 Å². The molecule has 0 radical (unpaired) electrons. The number of halogens is 1. The van der Waals surface area contributed by atoms with Gasteiger partial charge in [0.1, 0.15) is 6.23 Å². The van der Waals surface area contributed by atoms with Crippen molar-refractivity contribution in [1.82, 2.24) is 4.31 Å². The van der Waals surface area contributed by atoms with Crippen molar-refractivity contribution in [1.29, 1.82) is 0 Å². The summed E-state index contributed by atoms with van der Waals surface area (Å²) in [5, 5.41) is 0. The first-order chi connectivity index (χ1) is 11.3. The predicted octanol–water partition coefficient (Wildman–Crippen LogP) is 2.47. The number of alkyl halides is 1. The van der Waals surface area contributed by atoms with Gasteiger partial charge in [-0.05, 0) is 26.0 Å². The van der Waals surface area contributed by atoms with E-state index < -0.39 is 27.0 Å². The number of carbonyl (C=O) groups is 1. The number of carbonyl (C=O) groups excluding carboxylic acids is 1. The van der Waals surface area contributed by atoms with Gasteiger partial charge < -0.3 is 9.47 Å². The molecule has 8 heteroatoms. The zero-order valence-electron chi connectivity index (χ0n) is 13.9. The molecule has 0 saturated carbocycles. The van der Waals surface area contributed by atoms with Crippen molar-refractivity contribution in [2.75, 3.05) is 20.3 Å². The highest BCUT2D eigenvalue weighted by Gasteiger charge is 2.39. The Morgan fingerprint density at radius 1 is 1.38 bits per heavy atom. The molecule has 0 aliphatic carbocycles. The Labute approximate surface area is 151 Å². The molecule has 0 saturated heterocycles. The quantitative estimate of drug-likeness (QED) is 0.266. The predicted molar refractivity (Wildman–Crippen MR) is 95.4 cm³/mol. The molecule has 0 spiro atoms. The first-order valence-corrected chi connectivity index (χ1v) is 9.68. The Kier molecular flexibility index (Phi) is 8.08. The van der Waals surface area contributed by atoms with Crippen molar-refractivity contribution in [3.8, 4) is 0 Å². The second kappa shape index (κ2) is 9.31. The molecule has 134 valence electrons. The second-order valence-electron chi connectivity index (χ2n) is 4.95. The number of esters is 1. The number of ether oxygens (including phenoxy) is 2. The molecular weight excluding hydrogens is 398 g/mol. The summed E-state index contributed by atoms with van der Waals surface area (Å²) in [7, 11) is -2.66. The summed E-state index contributed by atoms with van der Waals surface area (Å²) in [6, 6.07) is 6.46. The summed E-state index contributed by atoms with van der Waals surface area (Å²) >= 11 is 3.18. The van der Waals surface area contributed by atoms with Gasteiger partial charge in [-0.3, -0.25) is 4.79 Å². The third kappa shape index (κ3) is 4.89. The zero-order chi connectivity index (χ0) is 18.3. The molecule has 0 amide bonds. The van der Waals surface area contributed by atoms with E-state index in [1.165, 1.54) is 25.3 Å². The van der Waals surface area contributed by atoms with Crippen molar-refractivity contribution in [2.45, 2.75) is 29.8 Å². The lowest BCUT2D eigenvalue weighted by Crippen LogP contribution is -2.49. The standard InChI is InChI=1S/C16H22BrNO5S/c1-5-11-18(15(23-6-2)14(17)16(19)22-4)24(20,21)13-9-7-12(3)8-10-13/h5,7-10,14-15H,1,6,11H2,2-4H3/t14-,15+/m0/s1. The third-order valence-corrected chi connectivity index (χ3v) is 5.90. The Morgan fingerprint density at radius 2 is 1.96 bits per heavy atom. The molecule has 0 N–H and O–H groups in total. The summed E-state index contributed by atoms with van der Waals surface area (Å²) < 4.78 is 37.3. The van der Waals surface area contributed by atoms with E-state index in [9.17, 15) is 13.2 Å². The average Bonchev–Trinajstić information content (AvgIpc) is 2.57. The van der Waals surface area contributed by atoms with Crippen LogP contribution in [0.1, 0.15) is 12.5 Å². The summed E-state index contributed by atoms with van der Waals surface area (Å²) in [5.74, 6) is -0.624. The van der Waals surface area contributed by atoms with Crippen LogP contribution in [0.2, 0.25) is 0 Å². The Morgan fingerprint density at radius 3 is 2.42 bits per heavy atom. The molecule has 0 aromatic heterocycles. The number of rotatable bonds is 9. The number of sulfonamides is 1. The molecule has 0 heterocycles. The van der Waals surface area contributed by atoms with Crippen molar-refractivity contribution in [2.24, 2.45) is 0 Å². The van der Waals surface area contributed by atoms with Gasteiger partial charge in [0.15, 0.2) is 4.83 Å². The molecule has 6 nitrogen and oxygen atoms in total. The van der Waals surface area contributed by atoms with Gasteiger partial charge >= 0.3 is 5.97 Å². The van der Waals surface area contributed by atoms with Gasteiger partial charge in [0.25, 0.3) is 0 Å². The van der Waals surface area contributed by atoms with E-state index >= 15 is 0 Å². The molecule has 0 aliphatic heterocycles. The normalized spacial score (nSPS) is 14.2. The van der Waals surface area contributed by atoms with Gasteiger partial charge in [-0.2, -0.15) is 4.31 Å². The molecule has 0 unspecified atom stereocenters. The zero-order valence-corrected chi connectivity index (χ0v) is 16.3. The summed E-state index contributed by atoms with van der Waals surface area (Å²) in [6.45, 7) is 7.39. The topological polar surface area (TPSA) is 72.9 Å². The molecule has 0 bridgehead atoms. The molecule has 1 rings (SSSR count). The van der Waals surface area contributed by atoms with E-state index in [0.29, 0.717) is 0 Å². The van der Waals surface area contributed by atoms with E-state index in [0.717, 1.165) is 9.87 Å². The van der Waals surface area contributed by atoms with Crippen molar-refractivity contribution in [3.63, 3.8) is 0 Å². The Balaban J connectivity index is 3.32. The van der Waals surface area contributed by atoms with E-state index in [1.807, 2.05) is 6.92 Å². The fraction of sp³-hybridized carbons (Fsp3) is 0.438. The maximum absolute atomic E-state index is 13.0. The fourth-order valence-corrected chi connectivity index (χ4v) is 4.32. The first kappa shape index (κ1) is 20.8. The minimum atomic E-state index is -3.89. The summed E-state index contributed by atoms with van der Waals surface area (Å²) in [6.07, 6.45) is 0.376. The minimum absolute atomic E-state index is 0.0139. The molecule has 1 aromatic carbocycles. The van der Waals surface area contributed by atoms with Crippen LogP contribution in [0.15, 0.2) is 41.8 Å². The van der Waals surface area contributed by atoms with Gasteiger partial charge in [0, 0.05) is 13.2 Å². The van der Waals surface area contributed by atoms with Gasteiger partial charge in [-0.25, -0.2) is 8.42 Å². The van der Waals surface area contributed by atoms with Crippen LogP contribution >= 0.6 is 15.9 Å². The number of hydrogen-bond acceptors (Lipinski definition) is 5. The van der Waals surface area contributed by atoms with Crippen LogP contribution in [-0.4, -0.2) is 50.0 Å². The lowest BCUT2D eigenvalue weighted by Gasteiger charge is -2.31. The number of benzene rings is 1. The third-order valence-electron chi connectivity index (χ3n) is 3.23. The molecule has 0 fully saturated rings. The molecule has 1 aromatic rings. The van der Waals surface area contributed by atoms with Crippen LogP contribution in [0.25, 0.3) is 0 Å². The smallest absolute Gasteiger partial charge is 0.323 e. The van der Waals surface area contributed by atoms with E-state index in [-0.39, 0.29) is 18.0 Å². The minimum Gasteiger partial charge on any atom is -0.468 e. The van der Waals surface area contributed by atoms with Gasteiger partial charge in [-0.1, -0.05) is 39.7 Å². The fourth-order valence-electron chi connectivity index (χ4n) is 2.03. The van der Waals surface area contributed by atoms with Crippen LogP contribution in [0, 0.1) is 6.92 Å². The van der Waals surface area contributed by atoms with E-state index in [2.05, 4.69) is 27.2 Å². The number of methoxy groups -OCH3 is 1. The first-order valence-electron chi connectivity index (χ1n) is 7.32. The maximum atomic E-state index is 13.0. The Hall–Kier alpha value is -1.22. The van der Waals surface area contributed by atoms with Crippen molar-refractivity contribution >= 4 is 31.9 Å². The maximum Gasteiger partial charge on any atom is 0.323 e. The number of hydrogen-bond donors (Lipinski definition) is 0. The van der Waals surface area contributed by atoms with E-state index in [4.69, 9.17) is 4.74 Å². The van der Waals surface area contributed by atoms with Crippen LogP contribution in [0.3, 0.4) is 0 Å². The van der Waals surface area contributed by atoms with Crippen LogP contribution in [-0.2, 0) is 24.3 Å². The molecule has 2 atom stereocenters. The highest BCUT2D eigenvalue weighted by Crippen LogP contribution is 2.24. The van der Waals surface area contributed by atoms with Gasteiger partial charge in [-0.15, -0.1) is 6.58 Å². The van der Waals surface area contributed by atoms with Gasteiger partial charge in [0.2, 0.25) is 10.0 Å². The Bertz CT molecular complexity index is 660.